The van der Waals surface area contributed by atoms with E-state index in [0.717, 1.165) is 47.7 Å². The highest BCUT2D eigenvalue weighted by Crippen LogP contribution is 2.28. The molecule has 1 aliphatic rings. The number of anilines is 1. The highest BCUT2D eigenvalue weighted by Gasteiger charge is 2.34. The number of carbonyl (C=O) groups excluding carboxylic acids is 1. The molecule has 0 unspecified atom stereocenters. The van der Waals surface area contributed by atoms with E-state index >= 15 is 0 Å². The second-order valence-electron chi connectivity index (χ2n) is 7.72. The van der Waals surface area contributed by atoms with E-state index in [0.29, 0.717) is 5.69 Å². The molecule has 1 fully saturated rings. The number of sulfonamides is 1. The fourth-order valence-electron chi connectivity index (χ4n) is 3.91. The van der Waals surface area contributed by atoms with Gasteiger partial charge < -0.3 is 5.32 Å². The number of hydrogen-bond acceptors (Lipinski definition) is 3. The average molecular weight is 479 g/mol. The summed E-state index contributed by atoms with van der Waals surface area (Å²) in [5.41, 5.74) is 2.79. The minimum atomic E-state index is -3.77. The monoisotopic (exact) mass is 478 g/mol. The first-order valence-corrected chi connectivity index (χ1v) is 12.1. The van der Waals surface area contributed by atoms with Gasteiger partial charge in [0.25, 0.3) is 0 Å². The highest BCUT2D eigenvalue weighted by molar-refractivity contribution is 9.10. The van der Waals surface area contributed by atoms with Crippen LogP contribution in [0.25, 0.3) is 0 Å². The number of amides is 1. The van der Waals surface area contributed by atoms with Crippen molar-refractivity contribution in [3.8, 4) is 0 Å². The first-order valence-electron chi connectivity index (χ1n) is 9.91. The van der Waals surface area contributed by atoms with Crippen molar-refractivity contribution in [1.29, 1.82) is 0 Å². The Kier molecular flexibility index (Phi) is 7.14. The quantitative estimate of drug-likeness (QED) is 0.632. The van der Waals surface area contributed by atoms with E-state index in [9.17, 15) is 13.2 Å². The third-order valence-corrected chi connectivity index (χ3v) is 7.65. The van der Waals surface area contributed by atoms with Gasteiger partial charge in [0, 0.05) is 16.2 Å². The summed E-state index contributed by atoms with van der Waals surface area (Å²) in [6.07, 6.45) is 4.64. The second kappa shape index (κ2) is 9.41. The van der Waals surface area contributed by atoms with Crippen LogP contribution in [0.1, 0.15) is 43.2 Å². The first-order chi connectivity index (χ1) is 13.8. The van der Waals surface area contributed by atoms with Gasteiger partial charge in [0.2, 0.25) is 15.9 Å². The molecule has 2 aromatic rings. The third kappa shape index (κ3) is 5.68. The number of nitrogens with zero attached hydrogens (tertiary/aromatic N) is 1. The van der Waals surface area contributed by atoms with Crippen LogP contribution < -0.4 is 5.32 Å². The van der Waals surface area contributed by atoms with E-state index in [4.69, 9.17) is 0 Å². The van der Waals surface area contributed by atoms with Crippen LogP contribution in [0.2, 0.25) is 0 Å². The Morgan fingerprint density at radius 1 is 1.03 bits per heavy atom. The third-order valence-electron chi connectivity index (χ3n) is 5.21. The Hall–Kier alpha value is -1.70. The highest BCUT2D eigenvalue weighted by atomic mass is 79.9. The first kappa shape index (κ1) is 22.0. The van der Waals surface area contributed by atoms with Crippen LogP contribution in [0.3, 0.4) is 0 Å². The Morgan fingerprint density at radius 3 is 2.21 bits per heavy atom. The molecule has 0 saturated heterocycles. The average Bonchev–Trinajstić information content (AvgIpc) is 2.66. The van der Waals surface area contributed by atoms with E-state index in [1.807, 2.05) is 32.0 Å². The number of halogens is 1. The molecule has 3 rings (SSSR count). The zero-order chi connectivity index (χ0) is 21.0. The van der Waals surface area contributed by atoms with Crippen molar-refractivity contribution in [3.63, 3.8) is 0 Å². The molecule has 0 atom stereocenters. The topological polar surface area (TPSA) is 66.5 Å². The summed E-state index contributed by atoms with van der Waals surface area (Å²) in [6.45, 7) is 3.75. The predicted octanol–water partition coefficient (Wildman–Crippen LogP) is 5.03. The van der Waals surface area contributed by atoms with E-state index < -0.39 is 10.0 Å². The Balaban J connectivity index is 1.85. The van der Waals surface area contributed by atoms with Crippen molar-refractivity contribution in [2.24, 2.45) is 0 Å². The molecule has 5 nitrogen and oxygen atoms in total. The van der Waals surface area contributed by atoms with Crippen molar-refractivity contribution in [1.82, 2.24) is 4.31 Å². The maximum absolute atomic E-state index is 13.4. The van der Waals surface area contributed by atoms with Crippen molar-refractivity contribution in [2.45, 2.75) is 56.9 Å². The van der Waals surface area contributed by atoms with Crippen LogP contribution in [0.4, 0.5) is 5.69 Å². The van der Waals surface area contributed by atoms with Crippen LogP contribution in [0, 0.1) is 13.8 Å². The lowest BCUT2D eigenvalue weighted by Gasteiger charge is -2.33. The second-order valence-corrected chi connectivity index (χ2v) is 10.5. The lowest BCUT2D eigenvalue weighted by Crippen LogP contribution is -2.45. The maximum atomic E-state index is 13.4. The lowest BCUT2D eigenvalue weighted by molar-refractivity contribution is -0.116. The summed E-state index contributed by atoms with van der Waals surface area (Å²) in [7, 11) is -3.77. The van der Waals surface area contributed by atoms with Gasteiger partial charge in [-0.05, 0) is 74.2 Å². The van der Waals surface area contributed by atoms with E-state index in [-0.39, 0.29) is 23.4 Å². The molecule has 7 heteroatoms. The van der Waals surface area contributed by atoms with Crippen molar-refractivity contribution >= 4 is 37.5 Å². The van der Waals surface area contributed by atoms with Crippen LogP contribution in [0.5, 0.6) is 0 Å². The van der Waals surface area contributed by atoms with Gasteiger partial charge in [0.1, 0.15) is 0 Å². The fourth-order valence-corrected chi connectivity index (χ4v) is 5.82. The zero-order valence-electron chi connectivity index (χ0n) is 16.8. The maximum Gasteiger partial charge on any atom is 0.243 e. The fraction of sp³-hybridized carbons (Fsp3) is 0.409. The van der Waals surface area contributed by atoms with Crippen molar-refractivity contribution in [2.75, 3.05) is 11.9 Å². The molecule has 0 spiro atoms. The molecule has 0 radical (unpaired) electrons. The SMILES string of the molecule is Cc1cc(C)cc(NC(=O)CN(C2CCCCC2)S(=O)(=O)c2ccc(Br)cc2)c1. The Bertz CT molecular complexity index is 948. The molecule has 0 aromatic heterocycles. The van der Waals surface area contributed by atoms with Crippen LogP contribution in [-0.4, -0.2) is 31.2 Å². The van der Waals surface area contributed by atoms with Gasteiger partial charge in [0.05, 0.1) is 11.4 Å². The number of aryl methyl sites for hydroxylation is 2. The van der Waals surface area contributed by atoms with Crippen LogP contribution >= 0.6 is 15.9 Å². The summed E-state index contributed by atoms with van der Waals surface area (Å²) in [5, 5.41) is 2.87. The van der Waals surface area contributed by atoms with Gasteiger partial charge >= 0.3 is 0 Å². The van der Waals surface area contributed by atoms with Gasteiger partial charge in [-0.25, -0.2) is 8.42 Å². The number of carbonyl (C=O) groups is 1. The zero-order valence-corrected chi connectivity index (χ0v) is 19.2. The summed E-state index contributed by atoms with van der Waals surface area (Å²) >= 11 is 3.34. The number of nitrogens with one attached hydrogen (secondary N) is 1. The van der Waals surface area contributed by atoms with Gasteiger partial charge in [-0.1, -0.05) is 41.3 Å². The molecular weight excluding hydrogens is 452 g/mol. The molecule has 0 aliphatic heterocycles. The van der Waals surface area contributed by atoms with Gasteiger partial charge in [-0.3, -0.25) is 4.79 Å². The standard InChI is InChI=1S/C22H27BrN2O3S/c1-16-12-17(2)14-19(13-16)24-22(26)15-25(20-6-4-3-5-7-20)29(27,28)21-10-8-18(23)9-11-21/h8-14,20H,3-7,15H2,1-2H3,(H,24,26). The van der Waals surface area contributed by atoms with E-state index in [2.05, 4.69) is 21.2 Å². The Morgan fingerprint density at radius 2 is 1.62 bits per heavy atom. The summed E-state index contributed by atoms with van der Waals surface area (Å²) in [4.78, 5) is 13.0. The summed E-state index contributed by atoms with van der Waals surface area (Å²) in [6, 6.07) is 12.2. The van der Waals surface area contributed by atoms with Crippen molar-refractivity contribution in [3.05, 3.63) is 58.1 Å². The van der Waals surface area contributed by atoms with E-state index in [1.165, 1.54) is 4.31 Å². The smallest absolute Gasteiger partial charge is 0.243 e. The molecule has 1 amide bonds. The molecule has 2 aromatic carbocycles. The minimum absolute atomic E-state index is 0.151. The molecule has 0 heterocycles. The largest absolute Gasteiger partial charge is 0.325 e. The van der Waals surface area contributed by atoms with E-state index in [1.54, 1.807) is 24.3 Å². The van der Waals surface area contributed by atoms with Gasteiger partial charge in [0.15, 0.2) is 0 Å². The summed E-state index contributed by atoms with van der Waals surface area (Å²) < 4.78 is 28.9. The number of rotatable bonds is 6. The number of hydrogen-bond donors (Lipinski definition) is 1. The molecular formula is C22H27BrN2O3S. The molecule has 0 bridgehead atoms. The van der Waals surface area contributed by atoms with Gasteiger partial charge in [-0.2, -0.15) is 4.31 Å². The molecule has 1 saturated carbocycles. The molecule has 1 aliphatic carbocycles. The normalized spacial score (nSPS) is 15.4. The number of benzene rings is 2. The molecule has 156 valence electrons. The van der Waals surface area contributed by atoms with Gasteiger partial charge in [-0.15, -0.1) is 0 Å². The molecule has 29 heavy (non-hydrogen) atoms. The lowest BCUT2D eigenvalue weighted by atomic mass is 9.95. The molecule has 1 N–H and O–H groups in total. The Labute approximate surface area is 181 Å². The predicted molar refractivity (Wildman–Crippen MR) is 119 cm³/mol. The van der Waals surface area contributed by atoms with Crippen molar-refractivity contribution < 1.29 is 13.2 Å². The van der Waals surface area contributed by atoms with Crippen LogP contribution in [0.15, 0.2) is 51.8 Å². The van der Waals surface area contributed by atoms with Crippen LogP contribution in [-0.2, 0) is 14.8 Å². The minimum Gasteiger partial charge on any atom is -0.325 e. The summed E-state index contributed by atoms with van der Waals surface area (Å²) in [5.74, 6) is -0.318.